The summed E-state index contributed by atoms with van der Waals surface area (Å²) >= 11 is 5.97. The molecule has 0 atom stereocenters. The highest BCUT2D eigenvalue weighted by molar-refractivity contribution is 6.31. The molecular weight excluding hydrogens is 314 g/mol. The van der Waals surface area contributed by atoms with Crippen molar-refractivity contribution in [2.24, 2.45) is 0 Å². The number of rotatable bonds is 4. The standard InChI is InChI=1S/C15H15ClF2N2O2/c1-8(2)20-9(3)19-14(13(16)15(20)21)22-7-10-4-5-11(17)6-12(10)18/h4-6,8H,7H2,1-3H3. The molecule has 0 bridgehead atoms. The number of hydrogen-bond acceptors (Lipinski definition) is 3. The molecule has 0 spiro atoms. The Morgan fingerprint density at radius 3 is 2.64 bits per heavy atom. The SMILES string of the molecule is Cc1nc(OCc2ccc(F)cc2F)c(Cl)c(=O)n1C(C)C. The highest BCUT2D eigenvalue weighted by atomic mass is 35.5. The van der Waals surface area contributed by atoms with Crippen LogP contribution in [-0.2, 0) is 6.61 Å². The van der Waals surface area contributed by atoms with Crippen molar-refractivity contribution in [3.8, 4) is 5.88 Å². The van der Waals surface area contributed by atoms with Crippen LogP contribution in [0.5, 0.6) is 5.88 Å². The van der Waals surface area contributed by atoms with Gasteiger partial charge in [-0.1, -0.05) is 11.6 Å². The molecule has 0 fully saturated rings. The zero-order valence-electron chi connectivity index (χ0n) is 12.4. The van der Waals surface area contributed by atoms with Crippen LogP contribution in [0.25, 0.3) is 0 Å². The number of hydrogen-bond donors (Lipinski definition) is 0. The van der Waals surface area contributed by atoms with Crippen molar-refractivity contribution >= 4 is 11.6 Å². The molecule has 7 heteroatoms. The van der Waals surface area contributed by atoms with Crippen LogP contribution >= 0.6 is 11.6 Å². The van der Waals surface area contributed by atoms with E-state index >= 15 is 0 Å². The van der Waals surface area contributed by atoms with Gasteiger partial charge in [-0.3, -0.25) is 9.36 Å². The first-order valence-corrected chi connectivity index (χ1v) is 7.04. The van der Waals surface area contributed by atoms with Gasteiger partial charge in [-0.2, -0.15) is 4.98 Å². The monoisotopic (exact) mass is 328 g/mol. The molecule has 118 valence electrons. The van der Waals surface area contributed by atoms with Crippen LogP contribution in [-0.4, -0.2) is 9.55 Å². The fourth-order valence-electron chi connectivity index (χ4n) is 2.08. The third-order valence-electron chi connectivity index (χ3n) is 3.10. The molecule has 4 nitrogen and oxygen atoms in total. The second-order valence-corrected chi connectivity index (χ2v) is 5.45. The molecule has 1 heterocycles. The van der Waals surface area contributed by atoms with Crippen LogP contribution in [0, 0.1) is 18.6 Å². The molecular formula is C15H15ClF2N2O2. The molecule has 0 amide bonds. The molecule has 1 aromatic heterocycles. The van der Waals surface area contributed by atoms with Crippen molar-refractivity contribution in [1.29, 1.82) is 0 Å². The third-order valence-corrected chi connectivity index (χ3v) is 3.43. The summed E-state index contributed by atoms with van der Waals surface area (Å²) in [5.41, 5.74) is -0.274. The lowest BCUT2D eigenvalue weighted by atomic mass is 10.2. The number of ether oxygens (including phenoxy) is 1. The van der Waals surface area contributed by atoms with E-state index in [2.05, 4.69) is 4.98 Å². The first kappa shape index (κ1) is 16.4. The van der Waals surface area contributed by atoms with Gasteiger partial charge < -0.3 is 4.74 Å². The van der Waals surface area contributed by atoms with Crippen LogP contribution in [0.3, 0.4) is 0 Å². The molecule has 22 heavy (non-hydrogen) atoms. The van der Waals surface area contributed by atoms with E-state index in [-0.39, 0.29) is 29.1 Å². The summed E-state index contributed by atoms with van der Waals surface area (Å²) < 4.78 is 33.1. The van der Waals surface area contributed by atoms with E-state index < -0.39 is 17.2 Å². The summed E-state index contributed by atoms with van der Waals surface area (Å²) in [5, 5.41) is -0.165. The van der Waals surface area contributed by atoms with E-state index in [1.54, 1.807) is 6.92 Å². The van der Waals surface area contributed by atoms with Gasteiger partial charge in [-0.05, 0) is 32.9 Å². The van der Waals surface area contributed by atoms with Gasteiger partial charge in [0.15, 0.2) is 5.02 Å². The maximum absolute atomic E-state index is 13.5. The lowest BCUT2D eigenvalue weighted by Gasteiger charge is -2.15. The summed E-state index contributed by atoms with van der Waals surface area (Å²) in [5.74, 6) is -1.03. The molecule has 2 aromatic rings. The Labute approximate surface area is 131 Å². The Morgan fingerprint density at radius 1 is 1.36 bits per heavy atom. The van der Waals surface area contributed by atoms with Crippen LogP contribution in [0.1, 0.15) is 31.3 Å². The quantitative estimate of drug-likeness (QED) is 0.860. The number of aromatic nitrogens is 2. The molecule has 0 saturated carbocycles. The molecule has 0 saturated heterocycles. The highest BCUT2D eigenvalue weighted by Crippen LogP contribution is 2.21. The molecule has 1 aromatic carbocycles. The van der Waals surface area contributed by atoms with Crippen molar-refractivity contribution in [2.45, 2.75) is 33.4 Å². The molecule has 0 N–H and O–H groups in total. The van der Waals surface area contributed by atoms with Crippen LogP contribution in [0.15, 0.2) is 23.0 Å². The van der Waals surface area contributed by atoms with Gasteiger partial charge >= 0.3 is 0 Å². The molecule has 0 unspecified atom stereocenters. The second kappa shape index (κ2) is 6.44. The van der Waals surface area contributed by atoms with E-state index in [0.29, 0.717) is 5.82 Å². The lowest BCUT2D eigenvalue weighted by Crippen LogP contribution is -2.26. The Bertz CT molecular complexity index is 760. The minimum atomic E-state index is -0.733. The second-order valence-electron chi connectivity index (χ2n) is 5.07. The largest absolute Gasteiger partial charge is 0.471 e. The molecule has 0 aliphatic carbocycles. The summed E-state index contributed by atoms with van der Waals surface area (Å²) in [6, 6.07) is 3.05. The van der Waals surface area contributed by atoms with Gasteiger partial charge in [0.2, 0.25) is 5.88 Å². The molecule has 0 aliphatic rings. The van der Waals surface area contributed by atoms with Crippen LogP contribution < -0.4 is 10.3 Å². The Hall–Kier alpha value is -1.95. The first-order valence-electron chi connectivity index (χ1n) is 6.66. The summed E-state index contributed by atoms with van der Waals surface area (Å²) in [6.07, 6.45) is 0. The van der Waals surface area contributed by atoms with Gasteiger partial charge in [0, 0.05) is 17.7 Å². The summed E-state index contributed by atoms with van der Waals surface area (Å²) in [6.45, 7) is 5.12. The first-order chi connectivity index (χ1) is 10.3. The molecule has 0 radical (unpaired) electrons. The predicted molar refractivity (Wildman–Crippen MR) is 79.3 cm³/mol. The van der Waals surface area contributed by atoms with E-state index in [1.807, 2.05) is 13.8 Å². The topological polar surface area (TPSA) is 44.1 Å². The third kappa shape index (κ3) is 3.27. The Morgan fingerprint density at radius 2 is 2.05 bits per heavy atom. The smallest absolute Gasteiger partial charge is 0.276 e. The lowest BCUT2D eigenvalue weighted by molar-refractivity contribution is 0.284. The fraction of sp³-hybridized carbons (Fsp3) is 0.333. The van der Waals surface area contributed by atoms with E-state index in [0.717, 1.165) is 12.1 Å². The molecule has 0 aliphatic heterocycles. The Kier molecular flexibility index (Phi) is 4.81. The predicted octanol–water partition coefficient (Wildman–Crippen LogP) is 3.64. The average molecular weight is 329 g/mol. The van der Waals surface area contributed by atoms with Gasteiger partial charge in [-0.25, -0.2) is 8.78 Å². The van der Waals surface area contributed by atoms with Gasteiger partial charge in [-0.15, -0.1) is 0 Å². The van der Waals surface area contributed by atoms with Crippen molar-refractivity contribution < 1.29 is 13.5 Å². The summed E-state index contributed by atoms with van der Waals surface area (Å²) in [7, 11) is 0. The number of halogens is 3. The minimum absolute atomic E-state index is 0.0650. The van der Waals surface area contributed by atoms with Crippen LogP contribution in [0.2, 0.25) is 5.02 Å². The van der Waals surface area contributed by atoms with Gasteiger partial charge in [0.05, 0.1) is 0 Å². The highest BCUT2D eigenvalue weighted by Gasteiger charge is 2.16. The van der Waals surface area contributed by atoms with Crippen molar-refractivity contribution in [3.63, 3.8) is 0 Å². The van der Waals surface area contributed by atoms with Crippen LogP contribution in [0.4, 0.5) is 8.78 Å². The summed E-state index contributed by atoms with van der Waals surface area (Å²) in [4.78, 5) is 16.3. The number of aryl methyl sites for hydroxylation is 1. The zero-order valence-corrected chi connectivity index (χ0v) is 13.1. The van der Waals surface area contributed by atoms with E-state index in [4.69, 9.17) is 16.3 Å². The Balaban J connectivity index is 2.29. The minimum Gasteiger partial charge on any atom is -0.471 e. The fourth-order valence-corrected chi connectivity index (χ4v) is 2.27. The van der Waals surface area contributed by atoms with Crippen molar-refractivity contribution in [3.05, 3.63) is 56.6 Å². The van der Waals surface area contributed by atoms with Gasteiger partial charge in [0.25, 0.3) is 5.56 Å². The molecule has 2 rings (SSSR count). The number of benzene rings is 1. The van der Waals surface area contributed by atoms with Gasteiger partial charge in [0.1, 0.15) is 24.1 Å². The normalized spacial score (nSPS) is 11.0. The maximum Gasteiger partial charge on any atom is 0.276 e. The van der Waals surface area contributed by atoms with E-state index in [9.17, 15) is 13.6 Å². The zero-order chi connectivity index (χ0) is 16.4. The van der Waals surface area contributed by atoms with Crippen molar-refractivity contribution in [1.82, 2.24) is 9.55 Å². The van der Waals surface area contributed by atoms with E-state index in [1.165, 1.54) is 10.6 Å². The maximum atomic E-state index is 13.5. The van der Waals surface area contributed by atoms with Crippen molar-refractivity contribution in [2.75, 3.05) is 0 Å². The average Bonchev–Trinajstić information content (AvgIpc) is 2.42. The number of nitrogens with zero attached hydrogens (tertiary/aromatic N) is 2.